The van der Waals surface area contributed by atoms with E-state index in [1.54, 1.807) is 36.4 Å². The molecule has 2 aliphatic carbocycles. The van der Waals surface area contributed by atoms with Crippen molar-refractivity contribution >= 4 is 29.1 Å². The Morgan fingerprint density at radius 2 is 1.56 bits per heavy atom. The molecule has 27 heavy (non-hydrogen) atoms. The lowest BCUT2D eigenvalue weighted by molar-refractivity contribution is -0.123. The maximum Gasteiger partial charge on any atom is 0.255 e. The van der Waals surface area contributed by atoms with Crippen molar-refractivity contribution < 1.29 is 14.4 Å². The van der Waals surface area contributed by atoms with E-state index in [4.69, 9.17) is 0 Å². The molecule has 2 bridgehead atoms. The van der Waals surface area contributed by atoms with Gasteiger partial charge in [-0.3, -0.25) is 14.4 Å². The van der Waals surface area contributed by atoms with Crippen molar-refractivity contribution in [2.24, 2.45) is 23.7 Å². The molecule has 0 aromatic heterocycles. The summed E-state index contributed by atoms with van der Waals surface area (Å²) < 4.78 is 0. The van der Waals surface area contributed by atoms with Crippen LogP contribution in [0.25, 0.3) is 0 Å². The third-order valence-corrected chi connectivity index (χ3v) is 5.87. The standard InChI is InChI=1S/C22H18N2O3/c25-20(23-16-6-2-1-3-7-16)15-5-4-8-17(12-15)24-21(26)18-13-9-10-14(11-13)19(18)22(24)27/h1-10,12-14,18-19H,11H2,(H,23,25)/t13-,14-,18+,19+/m0/s1. The van der Waals surface area contributed by atoms with Gasteiger partial charge in [0.25, 0.3) is 5.91 Å². The number of benzene rings is 2. The highest BCUT2D eigenvalue weighted by atomic mass is 16.2. The second-order valence-electron chi connectivity index (χ2n) is 7.38. The zero-order valence-corrected chi connectivity index (χ0v) is 14.5. The van der Waals surface area contributed by atoms with E-state index in [0.717, 1.165) is 6.42 Å². The highest BCUT2D eigenvalue weighted by molar-refractivity contribution is 6.23. The summed E-state index contributed by atoms with van der Waals surface area (Å²) in [5.74, 6) is -0.686. The number of anilines is 2. The predicted octanol–water partition coefficient (Wildman–Crippen LogP) is 3.25. The van der Waals surface area contributed by atoms with E-state index in [1.807, 2.05) is 18.2 Å². The van der Waals surface area contributed by atoms with Gasteiger partial charge >= 0.3 is 0 Å². The molecule has 0 unspecified atom stereocenters. The van der Waals surface area contributed by atoms with Crippen LogP contribution in [0.15, 0.2) is 66.7 Å². The molecule has 1 N–H and O–H groups in total. The van der Waals surface area contributed by atoms with Gasteiger partial charge in [-0.15, -0.1) is 0 Å². The first-order valence-electron chi connectivity index (χ1n) is 9.16. The molecule has 4 atom stereocenters. The van der Waals surface area contributed by atoms with Crippen molar-refractivity contribution in [2.45, 2.75) is 6.42 Å². The number of hydrogen-bond acceptors (Lipinski definition) is 3. The van der Waals surface area contributed by atoms with E-state index in [1.165, 1.54) is 4.90 Å². The molecule has 5 rings (SSSR count). The highest BCUT2D eigenvalue weighted by Gasteiger charge is 2.59. The molecule has 0 spiro atoms. The first kappa shape index (κ1) is 16.0. The van der Waals surface area contributed by atoms with Crippen LogP contribution in [0.3, 0.4) is 0 Å². The number of nitrogens with one attached hydrogen (secondary N) is 1. The Kier molecular flexibility index (Phi) is 3.50. The molecular weight excluding hydrogens is 340 g/mol. The smallest absolute Gasteiger partial charge is 0.255 e. The molecule has 3 aliphatic rings. The van der Waals surface area contributed by atoms with Gasteiger partial charge in [0.1, 0.15) is 0 Å². The van der Waals surface area contributed by atoms with Gasteiger partial charge in [-0.05, 0) is 48.6 Å². The summed E-state index contributed by atoms with van der Waals surface area (Å²) in [6.45, 7) is 0. The summed E-state index contributed by atoms with van der Waals surface area (Å²) in [6, 6.07) is 15.9. The monoisotopic (exact) mass is 358 g/mol. The molecule has 3 amide bonds. The predicted molar refractivity (Wildman–Crippen MR) is 101 cm³/mol. The van der Waals surface area contributed by atoms with E-state index >= 15 is 0 Å². The number of rotatable bonds is 3. The Morgan fingerprint density at radius 1 is 0.889 bits per heavy atom. The number of carbonyl (C=O) groups is 3. The molecule has 1 heterocycles. The second kappa shape index (κ2) is 5.91. The van der Waals surface area contributed by atoms with E-state index in [9.17, 15) is 14.4 Å². The topological polar surface area (TPSA) is 66.5 Å². The Morgan fingerprint density at radius 3 is 2.22 bits per heavy atom. The number of hydrogen-bond donors (Lipinski definition) is 1. The van der Waals surface area contributed by atoms with Crippen molar-refractivity contribution in [1.82, 2.24) is 0 Å². The lowest BCUT2D eigenvalue weighted by Crippen LogP contribution is -2.33. The lowest BCUT2D eigenvalue weighted by Gasteiger charge is -2.18. The molecule has 0 radical (unpaired) electrons. The Bertz CT molecular complexity index is 952. The van der Waals surface area contributed by atoms with E-state index in [0.29, 0.717) is 16.9 Å². The van der Waals surface area contributed by atoms with Crippen LogP contribution in [-0.2, 0) is 9.59 Å². The van der Waals surface area contributed by atoms with Gasteiger partial charge in [0, 0.05) is 11.3 Å². The van der Waals surface area contributed by atoms with Crippen molar-refractivity contribution in [3.8, 4) is 0 Å². The minimum absolute atomic E-state index is 0.137. The third-order valence-electron chi connectivity index (χ3n) is 5.87. The SMILES string of the molecule is O=C(Nc1ccccc1)c1cccc(N2C(=O)[C@H]3[C@H](C2=O)[C@H]2C=C[C@H]3C2)c1. The number of fused-ring (bicyclic) bond motifs is 5. The van der Waals surface area contributed by atoms with Gasteiger partial charge in [-0.25, -0.2) is 4.90 Å². The molecule has 2 aromatic rings. The molecule has 1 aliphatic heterocycles. The van der Waals surface area contributed by atoms with E-state index < -0.39 is 0 Å². The van der Waals surface area contributed by atoms with Gasteiger partial charge in [0.15, 0.2) is 0 Å². The normalized spacial score (nSPS) is 27.9. The molecule has 1 saturated carbocycles. The van der Waals surface area contributed by atoms with Crippen LogP contribution < -0.4 is 10.2 Å². The number of amides is 3. The first-order valence-corrected chi connectivity index (χ1v) is 9.16. The Hall–Kier alpha value is -3.21. The molecule has 2 aromatic carbocycles. The first-order chi connectivity index (χ1) is 13.1. The largest absolute Gasteiger partial charge is 0.322 e. The number of allylic oxidation sites excluding steroid dienone is 2. The third kappa shape index (κ3) is 2.42. The van der Waals surface area contributed by atoms with E-state index in [-0.39, 0.29) is 41.4 Å². The van der Waals surface area contributed by atoms with Crippen LogP contribution in [-0.4, -0.2) is 17.7 Å². The van der Waals surface area contributed by atoms with Crippen molar-refractivity contribution in [3.63, 3.8) is 0 Å². The van der Waals surface area contributed by atoms with E-state index in [2.05, 4.69) is 17.5 Å². The molecule has 5 nitrogen and oxygen atoms in total. The van der Waals surface area contributed by atoms with Crippen LogP contribution in [0.2, 0.25) is 0 Å². The van der Waals surface area contributed by atoms with Gasteiger partial charge in [0.05, 0.1) is 17.5 Å². The fourth-order valence-electron chi connectivity index (χ4n) is 4.67. The quantitative estimate of drug-likeness (QED) is 0.677. The van der Waals surface area contributed by atoms with Crippen LogP contribution in [0.5, 0.6) is 0 Å². The maximum atomic E-state index is 12.9. The molecule has 2 fully saturated rings. The van der Waals surface area contributed by atoms with Crippen LogP contribution in [0.1, 0.15) is 16.8 Å². The van der Waals surface area contributed by atoms with Gasteiger partial charge in [-0.2, -0.15) is 0 Å². The van der Waals surface area contributed by atoms with Gasteiger partial charge < -0.3 is 5.32 Å². The average Bonchev–Trinajstić information content (AvgIpc) is 3.36. The van der Waals surface area contributed by atoms with Crippen molar-refractivity contribution in [2.75, 3.05) is 10.2 Å². The van der Waals surface area contributed by atoms with Gasteiger partial charge in [0.2, 0.25) is 11.8 Å². The van der Waals surface area contributed by atoms with Crippen molar-refractivity contribution in [3.05, 3.63) is 72.3 Å². The van der Waals surface area contributed by atoms with Crippen molar-refractivity contribution in [1.29, 1.82) is 0 Å². The zero-order chi connectivity index (χ0) is 18.5. The number of nitrogens with zero attached hydrogens (tertiary/aromatic N) is 1. The highest BCUT2D eigenvalue weighted by Crippen LogP contribution is 2.53. The maximum absolute atomic E-state index is 12.9. The van der Waals surface area contributed by atoms with Crippen LogP contribution in [0.4, 0.5) is 11.4 Å². The summed E-state index contributed by atoms with van der Waals surface area (Å²) in [5, 5.41) is 2.83. The molecule has 1 saturated heterocycles. The lowest BCUT2D eigenvalue weighted by atomic mass is 9.85. The second-order valence-corrected chi connectivity index (χ2v) is 7.38. The summed E-state index contributed by atoms with van der Waals surface area (Å²) >= 11 is 0. The Balaban J connectivity index is 1.42. The minimum Gasteiger partial charge on any atom is -0.322 e. The minimum atomic E-state index is -0.274. The molecule has 5 heteroatoms. The van der Waals surface area contributed by atoms with Crippen LogP contribution in [0, 0.1) is 23.7 Å². The fourth-order valence-corrected chi connectivity index (χ4v) is 4.67. The fraction of sp³-hybridized carbons (Fsp3) is 0.227. The average molecular weight is 358 g/mol. The summed E-state index contributed by atoms with van der Waals surface area (Å²) in [5.41, 5.74) is 1.58. The van der Waals surface area contributed by atoms with Crippen LogP contribution >= 0.6 is 0 Å². The summed E-state index contributed by atoms with van der Waals surface area (Å²) in [6.07, 6.45) is 5.05. The summed E-state index contributed by atoms with van der Waals surface area (Å²) in [4.78, 5) is 39.7. The summed E-state index contributed by atoms with van der Waals surface area (Å²) in [7, 11) is 0. The number of carbonyl (C=O) groups excluding carboxylic acids is 3. The van der Waals surface area contributed by atoms with Gasteiger partial charge in [-0.1, -0.05) is 36.4 Å². The number of para-hydroxylation sites is 1. The zero-order valence-electron chi connectivity index (χ0n) is 14.5. The Labute approximate surface area is 156 Å². The molecule has 134 valence electrons. The molecular formula is C22H18N2O3. The number of imide groups is 1.